The Kier molecular flexibility index (Phi) is 1.13. The maximum absolute atomic E-state index is 7.49. The van der Waals surface area contributed by atoms with Crippen LogP contribution in [0.2, 0.25) is 0 Å². The van der Waals surface area contributed by atoms with E-state index in [9.17, 15) is 0 Å². The molecule has 0 saturated heterocycles. The van der Waals surface area contributed by atoms with Crippen LogP contribution < -0.4 is 5.84 Å². The molecular weight excluding hydrogens is 142 g/mol. The average molecular weight is 149 g/mol. The standard InChI is InChI=1S/C6H7N5/c7-5-4-1-2-9-6(4)10-3-11(5)8/h1-2,7H,3,8H2. The fourth-order valence-corrected chi connectivity index (χ4v) is 1.01. The van der Waals surface area contributed by atoms with E-state index in [4.69, 9.17) is 11.3 Å². The number of rotatable bonds is 0. The molecule has 0 atom stereocenters. The molecule has 5 nitrogen and oxygen atoms in total. The lowest BCUT2D eigenvalue weighted by molar-refractivity contribution is 0.448. The molecule has 2 aliphatic rings. The molecule has 0 aromatic rings. The Hall–Kier alpha value is -1.49. The van der Waals surface area contributed by atoms with Crippen LogP contribution >= 0.6 is 0 Å². The van der Waals surface area contributed by atoms with Crippen molar-refractivity contribution in [3.05, 3.63) is 11.6 Å². The number of fused-ring (bicyclic) bond motifs is 1. The number of allylic oxidation sites excluding steroid dienone is 1. The molecule has 0 aromatic heterocycles. The third-order valence-corrected chi connectivity index (χ3v) is 1.59. The first-order valence-corrected chi connectivity index (χ1v) is 3.19. The Bertz CT molecular complexity index is 298. The second kappa shape index (κ2) is 2.00. The van der Waals surface area contributed by atoms with E-state index in [0.29, 0.717) is 18.1 Å². The first-order chi connectivity index (χ1) is 5.29. The molecule has 0 fully saturated rings. The monoisotopic (exact) mass is 149 g/mol. The normalized spacial score (nSPS) is 21.5. The molecule has 0 bridgehead atoms. The van der Waals surface area contributed by atoms with Crippen molar-refractivity contribution < 1.29 is 0 Å². The van der Waals surface area contributed by atoms with Crippen LogP contribution in [0.5, 0.6) is 0 Å². The van der Waals surface area contributed by atoms with E-state index >= 15 is 0 Å². The summed E-state index contributed by atoms with van der Waals surface area (Å²) in [5, 5.41) is 8.78. The highest BCUT2D eigenvalue weighted by Gasteiger charge is 2.22. The van der Waals surface area contributed by atoms with E-state index in [0.717, 1.165) is 0 Å². The third kappa shape index (κ3) is 0.779. The molecule has 2 heterocycles. The van der Waals surface area contributed by atoms with Gasteiger partial charge in [-0.1, -0.05) is 0 Å². The van der Waals surface area contributed by atoms with Crippen molar-refractivity contribution >= 4 is 17.9 Å². The van der Waals surface area contributed by atoms with Gasteiger partial charge in [0.25, 0.3) is 0 Å². The van der Waals surface area contributed by atoms with Crippen molar-refractivity contribution in [3.8, 4) is 0 Å². The van der Waals surface area contributed by atoms with Gasteiger partial charge in [0.1, 0.15) is 12.5 Å². The number of hydrazine groups is 1. The van der Waals surface area contributed by atoms with Gasteiger partial charge in [-0.15, -0.1) is 0 Å². The largest absolute Gasteiger partial charge is 0.283 e. The Labute approximate surface area is 63.4 Å². The summed E-state index contributed by atoms with van der Waals surface area (Å²) >= 11 is 0. The summed E-state index contributed by atoms with van der Waals surface area (Å²) in [6.45, 7) is 0.322. The van der Waals surface area contributed by atoms with Crippen LogP contribution in [-0.4, -0.2) is 29.6 Å². The van der Waals surface area contributed by atoms with E-state index in [-0.39, 0.29) is 5.84 Å². The van der Waals surface area contributed by atoms with E-state index in [1.165, 1.54) is 5.01 Å². The Morgan fingerprint density at radius 2 is 2.45 bits per heavy atom. The number of nitrogens with two attached hydrogens (primary N) is 1. The molecule has 5 heteroatoms. The summed E-state index contributed by atoms with van der Waals surface area (Å²) < 4.78 is 0. The fourth-order valence-electron chi connectivity index (χ4n) is 1.01. The second-order valence-corrected chi connectivity index (χ2v) is 2.30. The molecule has 2 aliphatic heterocycles. The smallest absolute Gasteiger partial charge is 0.160 e. The molecule has 0 radical (unpaired) electrons. The highest BCUT2D eigenvalue weighted by molar-refractivity contribution is 6.28. The maximum atomic E-state index is 7.49. The van der Waals surface area contributed by atoms with Crippen molar-refractivity contribution in [3.63, 3.8) is 0 Å². The predicted octanol–water partition coefficient (Wildman–Crippen LogP) is -0.480. The van der Waals surface area contributed by atoms with E-state index < -0.39 is 0 Å². The van der Waals surface area contributed by atoms with Crippen LogP contribution in [0.15, 0.2) is 21.6 Å². The molecule has 3 N–H and O–H groups in total. The lowest BCUT2D eigenvalue weighted by atomic mass is 10.2. The SMILES string of the molecule is N=C1C2=CC=NC2=NCN1N. The summed E-state index contributed by atoms with van der Waals surface area (Å²) in [6.07, 6.45) is 3.36. The van der Waals surface area contributed by atoms with Crippen LogP contribution in [0.1, 0.15) is 0 Å². The molecule has 0 saturated carbocycles. The Morgan fingerprint density at radius 1 is 1.64 bits per heavy atom. The number of amidine groups is 2. The number of nitrogens with zero attached hydrogens (tertiary/aromatic N) is 3. The van der Waals surface area contributed by atoms with Gasteiger partial charge in [0.05, 0.1) is 5.57 Å². The summed E-state index contributed by atoms with van der Waals surface area (Å²) in [5.74, 6) is 6.35. The summed E-state index contributed by atoms with van der Waals surface area (Å²) in [6, 6.07) is 0. The molecule has 2 rings (SSSR count). The van der Waals surface area contributed by atoms with Gasteiger partial charge in [-0.05, 0) is 6.08 Å². The third-order valence-electron chi connectivity index (χ3n) is 1.59. The maximum Gasteiger partial charge on any atom is 0.160 e. The highest BCUT2D eigenvalue weighted by Crippen LogP contribution is 2.12. The average Bonchev–Trinajstić information content (AvgIpc) is 2.45. The zero-order valence-corrected chi connectivity index (χ0v) is 5.78. The molecule has 0 aromatic carbocycles. The lowest BCUT2D eigenvalue weighted by Gasteiger charge is -2.21. The van der Waals surface area contributed by atoms with E-state index in [2.05, 4.69) is 9.98 Å². The first kappa shape index (κ1) is 6.23. The quantitative estimate of drug-likeness (QED) is 0.456. The molecular formula is C6H7N5. The second-order valence-electron chi connectivity index (χ2n) is 2.30. The van der Waals surface area contributed by atoms with Crippen molar-refractivity contribution in [1.29, 1.82) is 5.41 Å². The van der Waals surface area contributed by atoms with Gasteiger partial charge in [0.15, 0.2) is 5.84 Å². The van der Waals surface area contributed by atoms with Crippen molar-refractivity contribution in [2.45, 2.75) is 0 Å². The number of hydrogen-bond acceptors (Lipinski definition) is 4. The molecule has 0 unspecified atom stereocenters. The van der Waals surface area contributed by atoms with Gasteiger partial charge in [0, 0.05) is 6.21 Å². The summed E-state index contributed by atoms with van der Waals surface area (Å²) in [5.41, 5.74) is 0.707. The summed E-state index contributed by atoms with van der Waals surface area (Å²) in [4.78, 5) is 7.99. The van der Waals surface area contributed by atoms with Gasteiger partial charge in [-0.25, -0.2) is 15.8 Å². The van der Waals surface area contributed by atoms with Crippen LogP contribution in [0.3, 0.4) is 0 Å². The number of hydrogen-bond donors (Lipinski definition) is 2. The minimum absolute atomic E-state index is 0.285. The zero-order chi connectivity index (χ0) is 7.84. The van der Waals surface area contributed by atoms with Crippen LogP contribution in [-0.2, 0) is 0 Å². The highest BCUT2D eigenvalue weighted by atomic mass is 15.5. The number of aliphatic imine (C=N–C) groups is 2. The van der Waals surface area contributed by atoms with Crippen LogP contribution in [0.4, 0.5) is 0 Å². The molecule has 0 spiro atoms. The van der Waals surface area contributed by atoms with E-state index in [1.54, 1.807) is 12.3 Å². The van der Waals surface area contributed by atoms with Crippen LogP contribution in [0.25, 0.3) is 0 Å². The van der Waals surface area contributed by atoms with Gasteiger partial charge in [-0.2, -0.15) is 0 Å². The minimum Gasteiger partial charge on any atom is -0.283 e. The van der Waals surface area contributed by atoms with Crippen molar-refractivity contribution in [1.82, 2.24) is 5.01 Å². The topological polar surface area (TPSA) is 77.8 Å². The lowest BCUT2D eigenvalue weighted by Crippen LogP contribution is -2.42. The Balaban J connectivity index is 2.44. The molecule has 11 heavy (non-hydrogen) atoms. The minimum atomic E-state index is 0.285. The van der Waals surface area contributed by atoms with Gasteiger partial charge < -0.3 is 0 Å². The van der Waals surface area contributed by atoms with Crippen LogP contribution in [0, 0.1) is 5.41 Å². The number of nitrogens with one attached hydrogen (secondary N) is 1. The zero-order valence-electron chi connectivity index (χ0n) is 5.78. The fraction of sp³-hybridized carbons (Fsp3) is 0.167. The molecule has 0 amide bonds. The summed E-state index contributed by atoms with van der Waals surface area (Å²) in [7, 11) is 0. The van der Waals surface area contributed by atoms with E-state index in [1.807, 2.05) is 0 Å². The molecule has 0 aliphatic carbocycles. The van der Waals surface area contributed by atoms with Gasteiger partial charge in [-0.3, -0.25) is 10.4 Å². The van der Waals surface area contributed by atoms with Crippen molar-refractivity contribution in [2.24, 2.45) is 15.8 Å². The molecule has 56 valence electrons. The Morgan fingerprint density at radius 3 is 3.27 bits per heavy atom. The van der Waals surface area contributed by atoms with Crippen molar-refractivity contribution in [2.75, 3.05) is 6.67 Å². The first-order valence-electron chi connectivity index (χ1n) is 3.19. The van der Waals surface area contributed by atoms with Gasteiger partial charge >= 0.3 is 0 Å². The predicted molar refractivity (Wildman–Crippen MR) is 42.6 cm³/mol. The van der Waals surface area contributed by atoms with Gasteiger partial charge in [0.2, 0.25) is 0 Å².